The van der Waals surface area contributed by atoms with Gasteiger partial charge in [0.1, 0.15) is 0 Å². The van der Waals surface area contributed by atoms with E-state index < -0.39 is 0 Å². The van der Waals surface area contributed by atoms with Crippen molar-refractivity contribution in [1.29, 1.82) is 0 Å². The SMILES string of the molecule is CC(C)(C)c1cc2c3c(c1)N(c1ccc4c(-c5ccccc5)c5ccccc5c(-c5ccccc5)c4c1)c1c(sc4ccc(C(C)(C)C)cc14)B3c1ccc(N(c3ccccc3)c3ccccc3)cc1N2c1ccccc1-c1ccccc1. The van der Waals surface area contributed by atoms with Gasteiger partial charge in [0.05, 0.1) is 11.4 Å². The Morgan fingerprint density at radius 3 is 1.48 bits per heavy atom. The molecule has 0 atom stereocenters. The Bertz CT molecular complexity index is 4600. The smallest absolute Gasteiger partial charge is 0.264 e. The van der Waals surface area contributed by atoms with E-state index in [0.717, 1.165) is 28.4 Å². The van der Waals surface area contributed by atoms with Crippen LogP contribution in [0.4, 0.5) is 51.2 Å². The number of para-hydroxylation sites is 3. The van der Waals surface area contributed by atoms with Gasteiger partial charge in [0.25, 0.3) is 6.71 Å². The van der Waals surface area contributed by atoms with Gasteiger partial charge in [-0.05, 0) is 161 Å². The van der Waals surface area contributed by atoms with Crippen molar-refractivity contribution in [2.24, 2.45) is 0 Å². The molecule has 0 spiro atoms. The number of thiophene rings is 1. The zero-order valence-electron chi connectivity index (χ0n) is 47.7. The lowest BCUT2D eigenvalue weighted by Crippen LogP contribution is -2.60. The maximum atomic E-state index is 2.68. The molecule has 15 rings (SSSR count). The molecule has 0 unspecified atom stereocenters. The van der Waals surface area contributed by atoms with Crippen molar-refractivity contribution in [3.8, 4) is 33.4 Å². The van der Waals surface area contributed by atoms with Crippen LogP contribution in [0.2, 0.25) is 0 Å². The van der Waals surface area contributed by atoms with Gasteiger partial charge in [-0.1, -0.05) is 230 Å². The van der Waals surface area contributed by atoms with Gasteiger partial charge in [0, 0.05) is 60.2 Å². The predicted molar refractivity (Wildman–Crippen MR) is 359 cm³/mol. The molecule has 0 amide bonds. The molecule has 2 aliphatic heterocycles. The lowest BCUT2D eigenvalue weighted by Gasteiger charge is -2.45. The average molecular weight is 1080 g/mol. The summed E-state index contributed by atoms with van der Waals surface area (Å²) in [6, 6.07) is 99.8. The first kappa shape index (κ1) is 50.5. The van der Waals surface area contributed by atoms with Crippen LogP contribution >= 0.6 is 11.3 Å². The Morgan fingerprint density at radius 2 is 0.880 bits per heavy atom. The van der Waals surface area contributed by atoms with Crippen LogP contribution in [0.1, 0.15) is 52.7 Å². The number of fused-ring (bicyclic) bond motifs is 8. The standard InChI is InChI=1S/C78H62BN3S/c1-77(2,3)54-40-45-71-65(46-54)75-76(83-71)79-66-44-42-59(80(56-32-18-10-19-33-56)57-34-20-11-21-35-57)50-68(66)82(67-39-25-24-36-60(67)51-26-12-7-13-27-51)70-48-55(78(4,5)6)47-69(74(70)79)81(75)58-41-43-63-64(49-58)73(53-30-16-9-17-31-53)62-38-23-22-37-61(62)72(63)52-28-14-8-15-29-52/h7-50H,1-6H3. The largest absolute Gasteiger partial charge is 0.311 e. The molecule has 0 saturated heterocycles. The lowest BCUT2D eigenvalue weighted by atomic mass is 9.36. The van der Waals surface area contributed by atoms with Gasteiger partial charge in [0.2, 0.25) is 0 Å². The maximum Gasteiger partial charge on any atom is 0.264 e. The monoisotopic (exact) mass is 1080 g/mol. The van der Waals surface area contributed by atoms with Crippen LogP contribution in [0.25, 0.3) is 65.0 Å². The van der Waals surface area contributed by atoms with Gasteiger partial charge < -0.3 is 14.7 Å². The molecule has 1 aromatic heterocycles. The summed E-state index contributed by atoms with van der Waals surface area (Å²) in [5, 5.41) is 6.23. The minimum absolute atomic E-state index is 0.0702. The van der Waals surface area contributed by atoms with Crippen molar-refractivity contribution in [3.05, 3.63) is 278 Å². The van der Waals surface area contributed by atoms with E-state index in [0.29, 0.717) is 0 Å². The Kier molecular flexibility index (Phi) is 12.0. The van der Waals surface area contributed by atoms with Crippen molar-refractivity contribution in [2.75, 3.05) is 14.7 Å². The second-order valence-corrected chi connectivity index (χ2v) is 25.5. The van der Waals surface area contributed by atoms with Crippen LogP contribution < -0.4 is 30.4 Å². The van der Waals surface area contributed by atoms with Crippen molar-refractivity contribution >= 4 is 117 Å². The predicted octanol–water partition coefficient (Wildman–Crippen LogP) is 20.4. The quantitative estimate of drug-likeness (QED) is 0.111. The lowest BCUT2D eigenvalue weighted by molar-refractivity contribution is 0.590. The molecule has 0 bridgehead atoms. The molecular formula is C78H62BN3S. The van der Waals surface area contributed by atoms with E-state index >= 15 is 0 Å². The van der Waals surface area contributed by atoms with E-state index in [1.807, 2.05) is 11.3 Å². The highest BCUT2D eigenvalue weighted by Gasteiger charge is 2.47. The Labute approximate surface area is 492 Å². The number of anilines is 9. The van der Waals surface area contributed by atoms with Gasteiger partial charge in [-0.25, -0.2) is 0 Å². The molecule has 0 fully saturated rings. The first-order chi connectivity index (χ1) is 40.5. The molecular weight excluding hydrogens is 1020 g/mol. The van der Waals surface area contributed by atoms with Crippen molar-refractivity contribution in [1.82, 2.24) is 0 Å². The van der Waals surface area contributed by atoms with Crippen molar-refractivity contribution in [2.45, 2.75) is 52.4 Å². The summed E-state index contributed by atoms with van der Waals surface area (Å²) in [6.45, 7) is 14.1. The Balaban J connectivity index is 1.08. The first-order valence-corrected chi connectivity index (χ1v) is 29.9. The van der Waals surface area contributed by atoms with Gasteiger partial charge in [-0.15, -0.1) is 11.3 Å². The maximum absolute atomic E-state index is 2.68. The van der Waals surface area contributed by atoms with Crippen LogP contribution in [0.15, 0.2) is 267 Å². The fourth-order valence-electron chi connectivity index (χ4n) is 13.3. The van der Waals surface area contributed by atoms with Crippen LogP contribution in [-0.2, 0) is 10.8 Å². The molecule has 13 aromatic rings. The summed E-state index contributed by atoms with van der Waals surface area (Å²) in [4.78, 5) is 7.72. The molecule has 3 nitrogen and oxygen atoms in total. The molecule has 398 valence electrons. The van der Waals surface area contributed by atoms with E-state index in [9.17, 15) is 0 Å². The third-order valence-corrected chi connectivity index (χ3v) is 18.5. The van der Waals surface area contributed by atoms with E-state index in [-0.39, 0.29) is 17.5 Å². The van der Waals surface area contributed by atoms with Crippen LogP contribution in [0, 0.1) is 0 Å². The molecule has 2 aliphatic rings. The molecule has 0 N–H and O–H groups in total. The molecule has 12 aromatic carbocycles. The highest BCUT2D eigenvalue weighted by molar-refractivity contribution is 7.33. The summed E-state index contributed by atoms with van der Waals surface area (Å²) in [7, 11) is 0. The minimum Gasteiger partial charge on any atom is -0.311 e. The highest BCUT2D eigenvalue weighted by Crippen LogP contribution is 2.53. The van der Waals surface area contributed by atoms with Crippen molar-refractivity contribution < 1.29 is 0 Å². The summed E-state index contributed by atoms with van der Waals surface area (Å²) >= 11 is 1.97. The van der Waals surface area contributed by atoms with Crippen LogP contribution in [0.3, 0.4) is 0 Å². The average Bonchev–Trinajstić information content (AvgIpc) is 2.89. The van der Waals surface area contributed by atoms with Gasteiger partial charge in [-0.3, -0.25) is 0 Å². The number of benzene rings is 12. The zero-order chi connectivity index (χ0) is 56.1. The molecule has 3 heterocycles. The minimum atomic E-state index is -0.222. The van der Waals surface area contributed by atoms with E-state index in [1.165, 1.54) is 115 Å². The van der Waals surface area contributed by atoms with Gasteiger partial charge in [0.15, 0.2) is 0 Å². The molecule has 83 heavy (non-hydrogen) atoms. The molecule has 5 heteroatoms. The number of nitrogens with zero attached hydrogens (tertiary/aromatic N) is 3. The first-order valence-electron chi connectivity index (χ1n) is 29.1. The fraction of sp³-hybridized carbons (Fsp3) is 0.103. The topological polar surface area (TPSA) is 9.72 Å². The molecule has 0 radical (unpaired) electrons. The zero-order valence-corrected chi connectivity index (χ0v) is 48.5. The normalized spacial score (nSPS) is 12.9. The second kappa shape index (κ2) is 19.6. The van der Waals surface area contributed by atoms with E-state index in [4.69, 9.17) is 0 Å². The summed E-state index contributed by atoms with van der Waals surface area (Å²) < 4.78 is 2.64. The third-order valence-electron chi connectivity index (χ3n) is 17.3. The molecule has 0 saturated carbocycles. The third kappa shape index (κ3) is 8.39. The van der Waals surface area contributed by atoms with E-state index in [2.05, 4.69) is 323 Å². The second-order valence-electron chi connectivity index (χ2n) is 24.4. The van der Waals surface area contributed by atoms with Crippen LogP contribution in [-0.4, -0.2) is 6.71 Å². The Hall–Kier alpha value is -9.42. The number of hydrogen-bond donors (Lipinski definition) is 0. The molecule has 0 aliphatic carbocycles. The summed E-state index contributed by atoms with van der Waals surface area (Å²) in [5.41, 5.74) is 22.6. The van der Waals surface area contributed by atoms with E-state index in [1.54, 1.807) is 0 Å². The summed E-state index contributed by atoms with van der Waals surface area (Å²) in [5.74, 6) is 0. The van der Waals surface area contributed by atoms with Gasteiger partial charge >= 0.3 is 0 Å². The number of rotatable bonds is 8. The van der Waals surface area contributed by atoms with Gasteiger partial charge in [-0.2, -0.15) is 0 Å². The van der Waals surface area contributed by atoms with Crippen molar-refractivity contribution in [3.63, 3.8) is 0 Å². The fourth-order valence-corrected chi connectivity index (χ4v) is 14.6. The number of hydrogen-bond acceptors (Lipinski definition) is 4. The highest BCUT2D eigenvalue weighted by atomic mass is 32.1. The Morgan fingerprint density at radius 1 is 0.361 bits per heavy atom. The summed E-state index contributed by atoms with van der Waals surface area (Å²) in [6.07, 6.45) is 0. The van der Waals surface area contributed by atoms with Crippen LogP contribution in [0.5, 0.6) is 0 Å².